The van der Waals surface area contributed by atoms with Crippen LogP contribution in [0, 0.1) is 13.8 Å². The zero-order chi connectivity index (χ0) is 19.7. The van der Waals surface area contributed by atoms with Crippen LogP contribution in [0.25, 0.3) is 0 Å². The van der Waals surface area contributed by atoms with Gasteiger partial charge in [-0.15, -0.1) is 22.7 Å². The average molecular weight is 415 g/mol. The van der Waals surface area contributed by atoms with E-state index in [1.807, 2.05) is 48.7 Å². The van der Waals surface area contributed by atoms with Gasteiger partial charge in [0.05, 0.1) is 28.9 Å². The zero-order valence-corrected chi connectivity index (χ0v) is 17.7. The predicted octanol–water partition coefficient (Wildman–Crippen LogP) is 4.22. The zero-order valence-electron chi connectivity index (χ0n) is 16.1. The van der Waals surface area contributed by atoms with Crippen LogP contribution in [0.3, 0.4) is 0 Å². The largest absolute Gasteiger partial charge is 0.361 e. The normalized spacial score (nSPS) is 16.8. The number of nitrogens with zero attached hydrogens (tertiary/aromatic N) is 4. The highest BCUT2D eigenvalue weighted by molar-refractivity contribution is 7.12. The minimum absolute atomic E-state index is 0.000726. The van der Waals surface area contributed by atoms with Crippen LogP contribution < -0.4 is 0 Å². The Bertz CT molecular complexity index is 957. The number of hydrazone groups is 1. The van der Waals surface area contributed by atoms with Crippen molar-refractivity contribution in [2.45, 2.75) is 32.9 Å². The van der Waals surface area contributed by atoms with Crippen molar-refractivity contribution in [2.24, 2.45) is 5.10 Å². The Morgan fingerprint density at radius 1 is 1.29 bits per heavy atom. The Labute approximate surface area is 172 Å². The smallest absolute Gasteiger partial charge is 0.257 e. The molecule has 0 fully saturated rings. The van der Waals surface area contributed by atoms with Gasteiger partial charge in [-0.05, 0) is 43.8 Å². The second-order valence-electron chi connectivity index (χ2n) is 6.97. The monoisotopic (exact) mass is 414 g/mol. The Balaban J connectivity index is 1.51. The molecule has 4 heterocycles. The van der Waals surface area contributed by atoms with E-state index in [9.17, 15) is 4.79 Å². The third-order valence-corrected chi connectivity index (χ3v) is 6.75. The van der Waals surface area contributed by atoms with Crippen molar-refractivity contribution in [3.8, 4) is 0 Å². The molecule has 0 aliphatic carbocycles. The molecule has 0 aromatic carbocycles. The maximum absolute atomic E-state index is 13.1. The lowest BCUT2D eigenvalue weighted by Gasteiger charge is -2.23. The molecule has 1 amide bonds. The van der Waals surface area contributed by atoms with Gasteiger partial charge < -0.3 is 4.52 Å². The quantitative estimate of drug-likeness (QED) is 0.606. The summed E-state index contributed by atoms with van der Waals surface area (Å²) in [5.41, 5.74) is 2.89. The fourth-order valence-electron chi connectivity index (χ4n) is 3.39. The molecule has 1 unspecified atom stereocenters. The van der Waals surface area contributed by atoms with Crippen molar-refractivity contribution in [1.29, 1.82) is 0 Å². The van der Waals surface area contributed by atoms with Crippen LogP contribution in [0.4, 0.5) is 0 Å². The minimum Gasteiger partial charge on any atom is -0.361 e. The number of carbonyl (C=O) groups is 1. The Morgan fingerprint density at radius 3 is 2.71 bits per heavy atom. The number of aromatic nitrogens is 1. The molecule has 1 atom stereocenters. The summed E-state index contributed by atoms with van der Waals surface area (Å²) in [6.45, 7) is 4.72. The van der Waals surface area contributed by atoms with Gasteiger partial charge in [0.1, 0.15) is 5.76 Å². The highest BCUT2D eigenvalue weighted by Crippen LogP contribution is 2.36. The van der Waals surface area contributed by atoms with E-state index in [-0.39, 0.29) is 18.5 Å². The van der Waals surface area contributed by atoms with Gasteiger partial charge in [-0.1, -0.05) is 17.3 Å². The molecule has 0 spiro atoms. The van der Waals surface area contributed by atoms with Crippen molar-refractivity contribution in [2.75, 3.05) is 13.6 Å². The standard InChI is InChI=1S/C20H22N4O2S2/c1-13-15(14(2)26-22-13)11-23(3)12-20(25)24-17(19-7-5-9-28-19)10-16(21-24)18-6-4-8-27-18/h4-9,17H,10-12H2,1-3H3. The van der Waals surface area contributed by atoms with E-state index in [1.54, 1.807) is 27.7 Å². The molecule has 4 rings (SSSR count). The highest BCUT2D eigenvalue weighted by atomic mass is 32.1. The van der Waals surface area contributed by atoms with E-state index in [1.165, 1.54) is 0 Å². The fourth-order valence-corrected chi connectivity index (χ4v) is 4.92. The number of hydrogen-bond donors (Lipinski definition) is 0. The van der Waals surface area contributed by atoms with E-state index in [4.69, 9.17) is 9.62 Å². The van der Waals surface area contributed by atoms with Crippen LogP contribution in [0.1, 0.15) is 39.2 Å². The number of rotatable bonds is 6. The molecule has 28 heavy (non-hydrogen) atoms. The summed E-state index contributed by atoms with van der Waals surface area (Å²) in [6, 6.07) is 8.15. The first kappa shape index (κ1) is 19.0. The SMILES string of the molecule is Cc1noc(C)c1CN(C)CC(=O)N1N=C(c2cccs2)CC1c1cccs1. The molecule has 1 aliphatic heterocycles. The highest BCUT2D eigenvalue weighted by Gasteiger charge is 2.34. The molecule has 0 saturated carbocycles. The number of thiophene rings is 2. The summed E-state index contributed by atoms with van der Waals surface area (Å²) in [4.78, 5) is 17.4. The predicted molar refractivity (Wildman–Crippen MR) is 112 cm³/mol. The lowest BCUT2D eigenvalue weighted by Crippen LogP contribution is -2.36. The van der Waals surface area contributed by atoms with E-state index < -0.39 is 0 Å². The molecule has 3 aromatic rings. The third-order valence-electron chi connectivity index (χ3n) is 4.86. The summed E-state index contributed by atoms with van der Waals surface area (Å²) < 4.78 is 5.23. The molecular weight excluding hydrogens is 392 g/mol. The van der Waals surface area contributed by atoms with Gasteiger partial charge in [0.25, 0.3) is 5.91 Å². The van der Waals surface area contributed by atoms with Gasteiger partial charge in [0.2, 0.25) is 0 Å². The third kappa shape index (κ3) is 3.80. The van der Waals surface area contributed by atoms with Crippen LogP contribution >= 0.6 is 22.7 Å². The van der Waals surface area contributed by atoms with Gasteiger partial charge in [0.15, 0.2) is 0 Å². The van der Waals surface area contributed by atoms with E-state index in [2.05, 4.69) is 17.3 Å². The van der Waals surface area contributed by atoms with Crippen molar-refractivity contribution in [1.82, 2.24) is 15.1 Å². The summed E-state index contributed by atoms with van der Waals surface area (Å²) >= 11 is 3.33. The van der Waals surface area contributed by atoms with Crippen LogP contribution in [0.15, 0.2) is 44.7 Å². The number of carbonyl (C=O) groups excluding carboxylic acids is 1. The molecule has 0 N–H and O–H groups in total. The van der Waals surface area contributed by atoms with Crippen LogP contribution in [0.5, 0.6) is 0 Å². The van der Waals surface area contributed by atoms with Gasteiger partial charge in [-0.25, -0.2) is 5.01 Å². The molecule has 0 saturated heterocycles. The van der Waals surface area contributed by atoms with Crippen molar-refractivity contribution in [3.63, 3.8) is 0 Å². The number of hydrogen-bond acceptors (Lipinski definition) is 7. The number of amides is 1. The van der Waals surface area contributed by atoms with Gasteiger partial charge in [0, 0.05) is 23.4 Å². The molecule has 146 valence electrons. The first-order valence-corrected chi connectivity index (χ1v) is 10.9. The summed E-state index contributed by atoms with van der Waals surface area (Å²) in [6.07, 6.45) is 0.750. The Morgan fingerprint density at radius 2 is 2.07 bits per heavy atom. The molecule has 3 aromatic heterocycles. The lowest BCUT2D eigenvalue weighted by atomic mass is 10.1. The van der Waals surface area contributed by atoms with E-state index >= 15 is 0 Å². The summed E-state index contributed by atoms with van der Waals surface area (Å²) in [5.74, 6) is 0.798. The maximum atomic E-state index is 13.1. The van der Waals surface area contributed by atoms with Crippen molar-refractivity contribution < 1.29 is 9.32 Å². The summed E-state index contributed by atoms with van der Waals surface area (Å²) in [7, 11) is 1.93. The average Bonchev–Trinajstić information content (AvgIpc) is 3.43. The molecule has 6 nitrogen and oxygen atoms in total. The van der Waals surface area contributed by atoms with Crippen molar-refractivity contribution in [3.05, 3.63) is 61.8 Å². The first-order chi connectivity index (χ1) is 13.5. The van der Waals surface area contributed by atoms with Gasteiger partial charge >= 0.3 is 0 Å². The molecule has 0 bridgehead atoms. The fraction of sp³-hybridized carbons (Fsp3) is 0.350. The summed E-state index contributed by atoms with van der Waals surface area (Å²) in [5, 5.41) is 14.5. The molecule has 0 radical (unpaired) electrons. The lowest BCUT2D eigenvalue weighted by molar-refractivity contribution is -0.134. The van der Waals surface area contributed by atoms with Crippen LogP contribution in [-0.4, -0.2) is 40.3 Å². The first-order valence-electron chi connectivity index (χ1n) is 9.10. The van der Waals surface area contributed by atoms with Crippen LogP contribution in [-0.2, 0) is 11.3 Å². The van der Waals surface area contributed by atoms with Crippen LogP contribution in [0.2, 0.25) is 0 Å². The second kappa shape index (κ2) is 7.98. The topological polar surface area (TPSA) is 61.9 Å². The maximum Gasteiger partial charge on any atom is 0.257 e. The number of likely N-dealkylation sites (N-methyl/N-ethyl adjacent to an activating group) is 1. The van der Waals surface area contributed by atoms with Gasteiger partial charge in [-0.3, -0.25) is 9.69 Å². The number of aryl methyl sites for hydroxylation is 2. The van der Waals surface area contributed by atoms with Gasteiger partial charge in [-0.2, -0.15) is 5.10 Å². The molecule has 8 heteroatoms. The van der Waals surface area contributed by atoms with Crippen molar-refractivity contribution >= 4 is 34.3 Å². The van der Waals surface area contributed by atoms with E-state index in [0.717, 1.165) is 38.9 Å². The Hall–Kier alpha value is -2.29. The molecular formula is C20H22N4O2S2. The molecule has 1 aliphatic rings. The minimum atomic E-state index is -0.0305. The Kier molecular flexibility index (Phi) is 5.43. The van der Waals surface area contributed by atoms with E-state index in [0.29, 0.717) is 6.54 Å². The second-order valence-corrected chi connectivity index (χ2v) is 8.90.